The third kappa shape index (κ3) is 4.98. The summed E-state index contributed by atoms with van der Waals surface area (Å²) in [5, 5.41) is 5.51. The molecule has 0 aliphatic carbocycles. The van der Waals surface area contributed by atoms with Gasteiger partial charge in [0.2, 0.25) is 0 Å². The van der Waals surface area contributed by atoms with Gasteiger partial charge in [-0.3, -0.25) is 4.72 Å². The van der Waals surface area contributed by atoms with E-state index >= 15 is 0 Å². The molecule has 2 amide bonds. The number of hydrogen-bond donors (Lipinski definition) is 3. The normalized spacial score (nSPS) is 11.3. The van der Waals surface area contributed by atoms with Gasteiger partial charge in [0.25, 0.3) is 10.0 Å². The van der Waals surface area contributed by atoms with Crippen molar-refractivity contribution in [2.45, 2.75) is 11.8 Å². The number of amides is 2. The quantitative estimate of drug-likeness (QED) is 0.385. The second-order valence-electron chi connectivity index (χ2n) is 6.71. The molecule has 0 bridgehead atoms. The maximum Gasteiger partial charge on any atom is 0.323 e. The lowest BCUT2D eigenvalue weighted by Gasteiger charge is -2.07. The summed E-state index contributed by atoms with van der Waals surface area (Å²) in [6, 6.07) is 16.5. The van der Waals surface area contributed by atoms with Crippen molar-refractivity contribution in [1.29, 1.82) is 0 Å². The van der Waals surface area contributed by atoms with E-state index in [1.54, 1.807) is 30.3 Å². The maximum absolute atomic E-state index is 13.0. The summed E-state index contributed by atoms with van der Waals surface area (Å²) in [4.78, 5) is 16.6. The van der Waals surface area contributed by atoms with Gasteiger partial charge in [0.1, 0.15) is 5.82 Å². The van der Waals surface area contributed by atoms with Crippen LogP contribution in [-0.4, -0.2) is 19.4 Å². The molecule has 0 atom stereocenters. The number of fused-ring (bicyclic) bond motifs is 1. The second-order valence-corrected chi connectivity index (χ2v) is 9.42. The number of aromatic nitrogens is 1. The SMILES string of the molecule is Cc1ccc(S(=O)(=O)Nc2nc3ccc(NC(=O)Nc4ccc(F)cc4)cc3s2)cc1. The van der Waals surface area contributed by atoms with E-state index in [1.807, 2.05) is 6.92 Å². The van der Waals surface area contributed by atoms with Crippen LogP contribution in [0.3, 0.4) is 0 Å². The zero-order valence-electron chi connectivity index (χ0n) is 16.2. The summed E-state index contributed by atoms with van der Waals surface area (Å²) in [5.74, 6) is -0.393. The molecule has 0 aliphatic rings. The first kappa shape index (κ1) is 20.8. The molecule has 3 N–H and O–H groups in total. The van der Waals surface area contributed by atoms with Gasteiger partial charge in [-0.15, -0.1) is 0 Å². The van der Waals surface area contributed by atoms with Crippen molar-refractivity contribution in [2.24, 2.45) is 0 Å². The molecule has 3 aromatic carbocycles. The average Bonchev–Trinajstić information content (AvgIpc) is 3.10. The predicted octanol–water partition coefficient (Wildman–Crippen LogP) is 5.19. The number of nitrogens with zero attached hydrogens (tertiary/aromatic N) is 1. The molecule has 1 aromatic heterocycles. The number of sulfonamides is 1. The minimum atomic E-state index is -3.75. The van der Waals surface area contributed by atoms with Crippen molar-refractivity contribution in [3.63, 3.8) is 0 Å². The van der Waals surface area contributed by atoms with Crippen LogP contribution in [0.25, 0.3) is 10.2 Å². The Morgan fingerprint density at radius 1 is 0.935 bits per heavy atom. The van der Waals surface area contributed by atoms with E-state index in [1.165, 1.54) is 36.4 Å². The minimum absolute atomic E-state index is 0.150. The number of rotatable bonds is 5. The zero-order chi connectivity index (χ0) is 22.0. The van der Waals surface area contributed by atoms with E-state index in [0.717, 1.165) is 16.9 Å². The third-order valence-electron chi connectivity index (χ3n) is 4.30. The zero-order valence-corrected chi connectivity index (χ0v) is 17.9. The minimum Gasteiger partial charge on any atom is -0.308 e. The summed E-state index contributed by atoms with van der Waals surface area (Å²) >= 11 is 1.15. The van der Waals surface area contributed by atoms with E-state index in [0.29, 0.717) is 21.6 Å². The third-order valence-corrected chi connectivity index (χ3v) is 6.72. The first-order chi connectivity index (χ1) is 14.8. The monoisotopic (exact) mass is 456 g/mol. The molecule has 0 spiro atoms. The van der Waals surface area contributed by atoms with E-state index in [4.69, 9.17) is 0 Å². The number of anilines is 3. The van der Waals surface area contributed by atoms with Crippen molar-refractivity contribution >= 4 is 54.1 Å². The predicted molar refractivity (Wildman–Crippen MR) is 121 cm³/mol. The molecule has 31 heavy (non-hydrogen) atoms. The number of halogens is 1. The Balaban J connectivity index is 1.48. The largest absolute Gasteiger partial charge is 0.323 e. The van der Waals surface area contributed by atoms with Gasteiger partial charge in [-0.2, -0.15) is 0 Å². The molecule has 158 valence electrons. The fraction of sp³-hybridized carbons (Fsp3) is 0.0476. The smallest absolute Gasteiger partial charge is 0.308 e. The lowest BCUT2D eigenvalue weighted by Crippen LogP contribution is -2.19. The molecule has 7 nitrogen and oxygen atoms in total. The van der Waals surface area contributed by atoms with E-state index in [2.05, 4.69) is 20.3 Å². The van der Waals surface area contributed by atoms with Crippen LogP contribution in [0.4, 0.5) is 25.7 Å². The highest BCUT2D eigenvalue weighted by molar-refractivity contribution is 7.93. The number of urea groups is 1. The number of carbonyl (C=O) groups is 1. The van der Waals surface area contributed by atoms with E-state index < -0.39 is 21.9 Å². The molecule has 4 rings (SSSR count). The van der Waals surface area contributed by atoms with Crippen molar-refractivity contribution in [2.75, 3.05) is 15.4 Å². The fourth-order valence-electron chi connectivity index (χ4n) is 2.76. The van der Waals surface area contributed by atoms with Crippen LogP contribution in [0, 0.1) is 12.7 Å². The number of carbonyl (C=O) groups excluding carboxylic acids is 1. The van der Waals surface area contributed by atoms with Crippen LogP contribution in [0.2, 0.25) is 0 Å². The molecule has 4 aromatic rings. The Morgan fingerprint density at radius 3 is 2.29 bits per heavy atom. The van der Waals surface area contributed by atoms with Gasteiger partial charge in [0.05, 0.1) is 15.1 Å². The summed E-state index contributed by atoms with van der Waals surface area (Å²) in [6.45, 7) is 1.88. The van der Waals surface area contributed by atoms with Gasteiger partial charge in [-0.05, 0) is 61.5 Å². The van der Waals surface area contributed by atoms with Crippen LogP contribution in [-0.2, 0) is 10.0 Å². The van der Waals surface area contributed by atoms with Gasteiger partial charge in [-0.1, -0.05) is 29.0 Å². The molecule has 0 unspecified atom stereocenters. The van der Waals surface area contributed by atoms with Gasteiger partial charge < -0.3 is 10.6 Å². The number of aryl methyl sites for hydroxylation is 1. The standard InChI is InChI=1S/C21H17FN4O3S2/c1-13-2-9-17(10-3-13)31(28,29)26-21-25-18-11-8-16(12-19(18)30-21)24-20(27)23-15-6-4-14(22)5-7-15/h2-12H,1H3,(H,25,26)(H2,23,24,27). The first-order valence-corrected chi connectivity index (χ1v) is 11.4. The van der Waals surface area contributed by atoms with Crippen LogP contribution in [0.15, 0.2) is 71.6 Å². The Labute approximate surface area is 182 Å². The van der Waals surface area contributed by atoms with Gasteiger partial charge >= 0.3 is 6.03 Å². The van der Waals surface area contributed by atoms with Gasteiger partial charge in [0.15, 0.2) is 5.13 Å². The Morgan fingerprint density at radius 2 is 1.58 bits per heavy atom. The Bertz CT molecular complexity index is 1350. The molecule has 0 radical (unpaired) electrons. The molecule has 0 aliphatic heterocycles. The lowest BCUT2D eigenvalue weighted by molar-refractivity contribution is 0.262. The first-order valence-electron chi connectivity index (χ1n) is 9.12. The van der Waals surface area contributed by atoms with Crippen LogP contribution in [0.5, 0.6) is 0 Å². The topological polar surface area (TPSA) is 100 Å². The second kappa shape index (κ2) is 8.32. The number of benzene rings is 3. The van der Waals surface area contributed by atoms with Crippen molar-refractivity contribution in [3.8, 4) is 0 Å². The molecular formula is C21H17FN4O3S2. The molecule has 10 heteroatoms. The maximum atomic E-state index is 13.0. The van der Waals surface area contributed by atoms with Crippen molar-refractivity contribution < 1.29 is 17.6 Å². The van der Waals surface area contributed by atoms with Crippen molar-refractivity contribution in [1.82, 2.24) is 4.98 Å². The van der Waals surface area contributed by atoms with Gasteiger partial charge in [0, 0.05) is 11.4 Å². The van der Waals surface area contributed by atoms with Gasteiger partial charge in [-0.25, -0.2) is 22.6 Å². The Kier molecular flexibility index (Phi) is 5.57. The average molecular weight is 457 g/mol. The number of hydrogen-bond acceptors (Lipinski definition) is 5. The number of nitrogens with one attached hydrogen (secondary N) is 3. The van der Waals surface area contributed by atoms with Crippen LogP contribution >= 0.6 is 11.3 Å². The van der Waals surface area contributed by atoms with Crippen molar-refractivity contribution in [3.05, 3.63) is 78.1 Å². The highest BCUT2D eigenvalue weighted by Gasteiger charge is 2.16. The summed E-state index contributed by atoms with van der Waals surface area (Å²) in [6.07, 6.45) is 0. The summed E-state index contributed by atoms with van der Waals surface area (Å²) in [5.41, 5.74) is 2.51. The molecule has 1 heterocycles. The van der Waals surface area contributed by atoms with Crippen LogP contribution < -0.4 is 15.4 Å². The molecule has 0 saturated heterocycles. The number of thiazole rings is 1. The molecule has 0 saturated carbocycles. The fourth-order valence-corrected chi connectivity index (χ4v) is 4.90. The Hall–Kier alpha value is -3.50. The highest BCUT2D eigenvalue weighted by Crippen LogP contribution is 2.30. The highest BCUT2D eigenvalue weighted by atomic mass is 32.2. The van der Waals surface area contributed by atoms with E-state index in [-0.39, 0.29) is 10.0 Å². The van der Waals surface area contributed by atoms with E-state index in [9.17, 15) is 17.6 Å². The van der Waals surface area contributed by atoms with Crippen LogP contribution in [0.1, 0.15) is 5.56 Å². The summed E-state index contributed by atoms with van der Waals surface area (Å²) in [7, 11) is -3.75. The molecular weight excluding hydrogens is 439 g/mol. The lowest BCUT2D eigenvalue weighted by atomic mass is 10.2. The molecule has 0 fully saturated rings. The summed E-state index contributed by atoms with van der Waals surface area (Å²) < 4.78 is 41.3.